The quantitative estimate of drug-likeness (QED) is 0.738. The molecule has 1 aromatic rings. The van der Waals surface area contributed by atoms with Crippen molar-refractivity contribution in [1.82, 2.24) is 20.6 Å². The van der Waals surface area contributed by atoms with Gasteiger partial charge in [-0.15, -0.1) is 0 Å². The molecule has 0 fully saturated rings. The fraction of sp³-hybridized carbons (Fsp3) is 0.250. The first-order chi connectivity index (χ1) is 7.13. The molecule has 2 amide bonds. The summed E-state index contributed by atoms with van der Waals surface area (Å²) in [5.74, 6) is -0.785. The smallest absolute Gasteiger partial charge is 0.271 e. The number of amides is 2. The van der Waals surface area contributed by atoms with Crippen LogP contribution < -0.4 is 10.6 Å². The van der Waals surface area contributed by atoms with E-state index in [1.807, 2.05) is 0 Å². The molecule has 0 bridgehead atoms. The number of nitrogens with one attached hydrogen (secondary N) is 2. The molecule has 0 aromatic carbocycles. The third-order valence-corrected chi connectivity index (χ3v) is 1.71. The lowest BCUT2D eigenvalue weighted by atomic mass is 10.4. The summed E-state index contributed by atoms with van der Waals surface area (Å²) in [6.07, 6.45) is 2.59. The minimum absolute atomic E-state index is 0.0754. The van der Waals surface area contributed by atoms with Gasteiger partial charge >= 0.3 is 0 Å². The van der Waals surface area contributed by atoms with Crippen LogP contribution in [0.15, 0.2) is 12.4 Å². The van der Waals surface area contributed by atoms with Crippen molar-refractivity contribution >= 4 is 23.4 Å². The minimum atomic E-state index is -0.492. The summed E-state index contributed by atoms with van der Waals surface area (Å²) in [5.41, 5.74) is 0.0754. The Balaban J connectivity index is 2.58. The number of nitrogens with zero attached hydrogens (tertiary/aromatic N) is 2. The highest BCUT2D eigenvalue weighted by molar-refractivity contribution is 6.29. The summed E-state index contributed by atoms with van der Waals surface area (Å²) < 4.78 is 0. The third-order valence-electron chi connectivity index (χ3n) is 1.53. The number of carbonyl (C=O) groups is 2. The molecule has 1 rings (SSSR count). The predicted molar refractivity (Wildman–Crippen MR) is 53.4 cm³/mol. The van der Waals surface area contributed by atoms with Gasteiger partial charge in [0.1, 0.15) is 10.8 Å². The van der Waals surface area contributed by atoms with Crippen LogP contribution in [-0.4, -0.2) is 35.4 Å². The molecule has 2 N–H and O–H groups in total. The Labute approximate surface area is 91.1 Å². The fourth-order valence-electron chi connectivity index (χ4n) is 0.791. The van der Waals surface area contributed by atoms with Crippen molar-refractivity contribution in [2.75, 3.05) is 13.6 Å². The van der Waals surface area contributed by atoms with Crippen LogP contribution in [0.3, 0.4) is 0 Å². The maximum absolute atomic E-state index is 11.4. The maximum Gasteiger partial charge on any atom is 0.271 e. The van der Waals surface area contributed by atoms with E-state index in [9.17, 15) is 9.59 Å². The third kappa shape index (κ3) is 3.51. The molecule has 6 nitrogen and oxygen atoms in total. The predicted octanol–water partition coefficient (Wildman–Crippen LogP) is -0.394. The monoisotopic (exact) mass is 228 g/mol. The fourth-order valence-corrected chi connectivity index (χ4v) is 0.938. The molecule has 0 saturated heterocycles. The zero-order chi connectivity index (χ0) is 11.3. The Hall–Kier alpha value is -1.69. The molecule has 1 heterocycles. The van der Waals surface area contributed by atoms with Crippen molar-refractivity contribution in [3.8, 4) is 0 Å². The highest BCUT2D eigenvalue weighted by Crippen LogP contribution is 2.01. The van der Waals surface area contributed by atoms with Gasteiger partial charge in [0.15, 0.2) is 0 Å². The first-order valence-electron chi connectivity index (χ1n) is 4.10. The van der Waals surface area contributed by atoms with Gasteiger partial charge in [0.2, 0.25) is 5.91 Å². The second kappa shape index (κ2) is 5.26. The molecule has 0 radical (unpaired) electrons. The SMILES string of the molecule is CNC(=O)CNC(=O)c1cncc(Cl)n1. The molecule has 0 unspecified atom stereocenters. The Morgan fingerprint density at radius 3 is 2.80 bits per heavy atom. The number of hydrogen-bond acceptors (Lipinski definition) is 4. The minimum Gasteiger partial charge on any atom is -0.358 e. The average Bonchev–Trinajstić information content (AvgIpc) is 2.25. The van der Waals surface area contributed by atoms with Crippen molar-refractivity contribution in [1.29, 1.82) is 0 Å². The molecule has 0 spiro atoms. The molecule has 1 aromatic heterocycles. The van der Waals surface area contributed by atoms with Crippen LogP contribution in [0.1, 0.15) is 10.5 Å². The molecule has 0 saturated carbocycles. The standard InChI is InChI=1S/C8H9ClN4O2/c1-10-7(14)4-12-8(15)5-2-11-3-6(9)13-5/h2-3H,4H2,1H3,(H,10,14)(H,12,15). The summed E-state index contributed by atoms with van der Waals surface area (Å²) in [5, 5.41) is 4.86. The average molecular weight is 229 g/mol. The van der Waals surface area contributed by atoms with E-state index in [0.29, 0.717) is 0 Å². The summed E-state index contributed by atoms with van der Waals surface area (Å²) in [6.45, 7) is -0.108. The van der Waals surface area contributed by atoms with Gasteiger partial charge in [0, 0.05) is 7.05 Å². The van der Waals surface area contributed by atoms with Crippen LogP contribution in [0.25, 0.3) is 0 Å². The van der Waals surface area contributed by atoms with Crippen molar-refractivity contribution < 1.29 is 9.59 Å². The van der Waals surface area contributed by atoms with Gasteiger partial charge in [0.25, 0.3) is 5.91 Å². The van der Waals surface area contributed by atoms with Gasteiger partial charge in [0.05, 0.1) is 18.9 Å². The summed E-state index contributed by atoms with van der Waals surface area (Å²) >= 11 is 5.55. The molecule has 7 heteroatoms. The highest BCUT2D eigenvalue weighted by Gasteiger charge is 2.09. The molecule has 80 valence electrons. The van der Waals surface area contributed by atoms with Gasteiger partial charge in [-0.05, 0) is 0 Å². The number of carbonyl (C=O) groups excluding carboxylic acids is 2. The van der Waals surface area contributed by atoms with Crippen LogP contribution in [0.2, 0.25) is 5.15 Å². The molecule has 15 heavy (non-hydrogen) atoms. The zero-order valence-corrected chi connectivity index (χ0v) is 8.71. The first kappa shape index (κ1) is 11.4. The lowest BCUT2D eigenvalue weighted by molar-refractivity contribution is -0.119. The molecule has 0 aliphatic carbocycles. The highest BCUT2D eigenvalue weighted by atomic mass is 35.5. The van der Waals surface area contributed by atoms with Crippen molar-refractivity contribution in [3.05, 3.63) is 23.2 Å². The van der Waals surface area contributed by atoms with Gasteiger partial charge in [-0.2, -0.15) is 0 Å². The van der Waals surface area contributed by atoms with E-state index in [1.54, 1.807) is 0 Å². The number of halogens is 1. The van der Waals surface area contributed by atoms with Gasteiger partial charge in [-0.25, -0.2) is 4.98 Å². The van der Waals surface area contributed by atoms with E-state index in [2.05, 4.69) is 20.6 Å². The first-order valence-corrected chi connectivity index (χ1v) is 4.47. The Morgan fingerprint density at radius 2 is 2.20 bits per heavy atom. The Bertz CT molecular complexity index is 383. The zero-order valence-electron chi connectivity index (χ0n) is 7.95. The van der Waals surface area contributed by atoms with Crippen LogP contribution in [0.5, 0.6) is 0 Å². The Morgan fingerprint density at radius 1 is 1.47 bits per heavy atom. The van der Waals surface area contributed by atoms with Crippen LogP contribution in [0.4, 0.5) is 0 Å². The van der Waals surface area contributed by atoms with E-state index in [4.69, 9.17) is 11.6 Å². The van der Waals surface area contributed by atoms with Crippen molar-refractivity contribution in [2.45, 2.75) is 0 Å². The summed E-state index contributed by atoms with van der Waals surface area (Å²) in [6, 6.07) is 0. The molecule has 0 atom stereocenters. The van der Waals surface area contributed by atoms with E-state index in [1.165, 1.54) is 19.4 Å². The molecular formula is C8H9ClN4O2. The molecule has 0 aliphatic rings. The van der Waals surface area contributed by atoms with E-state index in [-0.39, 0.29) is 23.3 Å². The number of rotatable bonds is 3. The largest absolute Gasteiger partial charge is 0.358 e. The Kier molecular flexibility index (Phi) is 3.99. The lowest BCUT2D eigenvalue weighted by Crippen LogP contribution is -2.35. The topological polar surface area (TPSA) is 84.0 Å². The van der Waals surface area contributed by atoms with E-state index in [0.717, 1.165) is 0 Å². The van der Waals surface area contributed by atoms with Crippen LogP contribution in [-0.2, 0) is 4.79 Å². The second-order valence-corrected chi connectivity index (χ2v) is 2.97. The van der Waals surface area contributed by atoms with Crippen LogP contribution in [0, 0.1) is 0 Å². The summed E-state index contributed by atoms with van der Waals surface area (Å²) in [7, 11) is 1.48. The summed E-state index contributed by atoms with van der Waals surface area (Å²) in [4.78, 5) is 29.6. The van der Waals surface area contributed by atoms with Crippen molar-refractivity contribution in [2.24, 2.45) is 0 Å². The maximum atomic E-state index is 11.4. The molecular weight excluding hydrogens is 220 g/mol. The number of hydrogen-bond donors (Lipinski definition) is 2. The number of likely N-dealkylation sites (N-methyl/N-ethyl adjacent to an activating group) is 1. The molecule has 0 aliphatic heterocycles. The van der Waals surface area contributed by atoms with Crippen molar-refractivity contribution in [3.63, 3.8) is 0 Å². The van der Waals surface area contributed by atoms with Crippen LogP contribution >= 0.6 is 11.6 Å². The lowest BCUT2D eigenvalue weighted by Gasteiger charge is -2.02. The van der Waals surface area contributed by atoms with E-state index < -0.39 is 5.91 Å². The van der Waals surface area contributed by atoms with Gasteiger partial charge in [-0.1, -0.05) is 11.6 Å². The van der Waals surface area contributed by atoms with Gasteiger partial charge in [-0.3, -0.25) is 14.6 Å². The second-order valence-electron chi connectivity index (χ2n) is 2.58. The number of aromatic nitrogens is 2. The van der Waals surface area contributed by atoms with Gasteiger partial charge < -0.3 is 10.6 Å². The normalized spacial score (nSPS) is 9.47. The van der Waals surface area contributed by atoms with E-state index >= 15 is 0 Å².